The summed E-state index contributed by atoms with van der Waals surface area (Å²) >= 11 is 0. The number of aliphatic hydroxyl groups excluding tert-OH is 1. The van der Waals surface area contributed by atoms with Gasteiger partial charge >= 0.3 is 0 Å². The molecule has 0 radical (unpaired) electrons. The fraction of sp³-hybridized carbons (Fsp3) is 0.500. The number of hydrogen-bond acceptors (Lipinski definition) is 3. The van der Waals surface area contributed by atoms with Crippen molar-refractivity contribution in [2.45, 2.75) is 39.4 Å². The molecular formula is C14H21NO3. The molecule has 0 heterocycles. The van der Waals surface area contributed by atoms with Crippen molar-refractivity contribution in [3.63, 3.8) is 0 Å². The Balaban J connectivity index is 2.69. The molecule has 0 aliphatic heterocycles. The molecule has 0 saturated heterocycles. The van der Waals surface area contributed by atoms with Crippen molar-refractivity contribution >= 4 is 5.91 Å². The molecule has 4 nitrogen and oxygen atoms in total. The molecule has 0 bridgehead atoms. The SMILES string of the molecule is CCCNC(=O)C(C)Oc1ccccc1[C@@H](C)O. The summed E-state index contributed by atoms with van der Waals surface area (Å²) in [5.41, 5.74) is 0.688. The maximum absolute atomic E-state index is 11.7. The summed E-state index contributed by atoms with van der Waals surface area (Å²) in [6.07, 6.45) is -0.300. The van der Waals surface area contributed by atoms with E-state index >= 15 is 0 Å². The Morgan fingerprint density at radius 2 is 2.06 bits per heavy atom. The molecule has 0 aromatic heterocycles. The van der Waals surface area contributed by atoms with Gasteiger partial charge in [0.2, 0.25) is 0 Å². The highest BCUT2D eigenvalue weighted by Crippen LogP contribution is 2.25. The van der Waals surface area contributed by atoms with Gasteiger partial charge in [0.25, 0.3) is 5.91 Å². The molecule has 0 fully saturated rings. The molecular weight excluding hydrogens is 230 g/mol. The van der Waals surface area contributed by atoms with E-state index in [0.29, 0.717) is 17.9 Å². The van der Waals surface area contributed by atoms with Gasteiger partial charge in [-0.15, -0.1) is 0 Å². The van der Waals surface area contributed by atoms with Crippen LogP contribution in [0, 0.1) is 0 Å². The van der Waals surface area contributed by atoms with Crippen molar-refractivity contribution in [3.8, 4) is 5.75 Å². The summed E-state index contributed by atoms with van der Waals surface area (Å²) in [5.74, 6) is 0.406. The minimum absolute atomic E-state index is 0.141. The molecule has 1 amide bonds. The number of carbonyl (C=O) groups excluding carboxylic acids is 1. The highest BCUT2D eigenvalue weighted by molar-refractivity contribution is 5.80. The number of para-hydroxylation sites is 1. The normalized spacial score (nSPS) is 13.8. The number of hydrogen-bond donors (Lipinski definition) is 2. The Bertz CT molecular complexity index is 390. The number of carbonyl (C=O) groups is 1. The van der Waals surface area contributed by atoms with Crippen LogP contribution >= 0.6 is 0 Å². The lowest BCUT2D eigenvalue weighted by atomic mass is 10.1. The van der Waals surface area contributed by atoms with Gasteiger partial charge in [-0.2, -0.15) is 0 Å². The Morgan fingerprint density at radius 3 is 2.67 bits per heavy atom. The van der Waals surface area contributed by atoms with E-state index in [1.54, 1.807) is 26.0 Å². The average molecular weight is 251 g/mol. The van der Waals surface area contributed by atoms with Gasteiger partial charge in [-0.3, -0.25) is 4.79 Å². The summed E-state index contributed by atoms with van der Waals surface area (Å²) in [4.78, 5) is 11.7. The molecule has 0 saturated carbocycles. The zero-order valence-corrected chi connectivity index (χ0v) is 11.1. The Morgan fingerprint density at radius 1 is 1.39 bits per heavy atom. The van der Waals surface area contributed by atoms with Crippen LogP contribution in [-0.4, -0.2) is 23.7 Å². The fourth-order valence-corrected chi connectivity index (χ4v) is 1.57. The number of aliphatic hydroxyl groups is 1. The smallest absolute Gasteiger partial charge is 0.260 e. The first kappa shape index (κ1) is 14.5. The van der Waals surface area contributed by atoms with Crippen molar-refractivity contribution in [2.24, 2.45) is 0 Å². The Labute approximate surface area is 108 Å². The third kappa shape index (κ3) is 4.04. The Hall–Kier alpha value is -1.55. The lowest BCUT2D eigenvalue weighted by Gasteiger charge is -2.18. The molecule has 2 atom stereocenters. The third-order valence-corrected chi connectivity index (χ3v) is 2.59. The molecule has 1 rings (SSSR count). The average Bonchev–Trinajstić information content (AvgIpc) is 2.36. The van der Waals surface area contributed by atoms with Crippen LogP contribution in [0.1, 0.15) is 38.9 Å². The van der Waals surface area contributed by atoms with Crippen LogP contribution in [0.5, 0.6) is 5.75 Å². The number of benzene rings is 1. The largest absolute Gasteiger partial charge is 0.481 e. The summed E-state index contributed by atoms with van der Waals surface area (Å²) in [5, 5.41) is 12.4. The van der Waals surface area contributed by atoms with E-state index in [2.05, 4.69) is 5.32 Å². The van der Waals surface area contributed by atoms with Crippen LogP contribution < -0.4 is 10.1 Å². The summed E-state index contributed by atoms with van der Waals surface area (Å²) in [6, 6.07) is 7.19. The summed E-state index contributed by atoms with van der Waals surface area (Å²) in [7, 11) is 0. The van der Waals surface area contributed by atoms with Crippen LogP contribution in [0.2, 0.25) is 0 Å². The predicted molar refractivity (Wildman–Crippen MR) is 70.5 cm³/mol. The molecule has 1 aromatic carbocycles. The van der Waals surface area contributed by atoms with Crippen LogP contribution in [-0.2, 0) is 4.79 Å². The zero-order valence-electron chi connectivity index (χ0n) is 11.1. The van der Waals surface area contributed by atoms with Crippen LogP contribution in [0.15, 0.2) is 24.3 Å². The second-order valence-corrected chi connectivity index (χ2v) is 4.26. The van der Waals surface area contributed by atoms with Gasteiger partial charge in [-0.05, 0) is 26.3 Å². The lowest BCUT2D eigenvalue weighted by Crippen LogP contribution is -2.36. The molecule has 18 heavy (non-hydrogen) atoms. The minimum Gasteiger partial charge on any atom is -0.481 e. The lowest BCUT2D eigenvalue weighted by molar-refractivity contribution is -0.127. The number of ether oxygens (including phenoxy) is 1. The van der Waals surface area contributed by atoms with Gasteiger partial charge in [-0.25, -0.2) is 0 Å². The van der Waals surface area contributed by atoms with Crippen molar-refractivity contribution in [1.82, 2.24) is 5.32 Å². The van der Waals surface area contributed by atoms with Gasteiger partial charge in [-0.1, -0.05) is 25.1 Å². The molecule has 4 heteroatoms. The molecule has 0 spiro atoms. The van der Waals surface area contributed by atoms with E-state index in [4.69, 9.17) is 4.74 Å². The van der Waals surface area contributed by atoms with Crippen LogP contribution in [0.4, 0.5) is 0 Å². The fourth-order valence-electron chi connectivity index (χ4n) is 1.57. The molecule has 1 unspecified atom stereocenters. The quantitative estimate of drug-likeness (QED) is 0.813. The first-order chi connectivity index (χ1) is 8.56. The van der Waals surface area contributed by atoms with E-state index in [9.17, 15) is 9.90 Å². The maximum Gasteiger partial charge on any atom is 0.260 e. The van der Waals surface area contributed by atoms with Crippen LogP contribution in [0.3, 0.4) is 0 Å². The first-order valence-electron chi connectivity index (χ1n) is 6.27. The zero-order chi connectivity index (χ0) is 13.5. The van der Waals surface area contributed by atoms with Gasteiger partial charge < -0.3 is 15.2 Å². The topological polar surface area (TPSA) is 58.6 Å². The van der Waals surface area contributed by atoms with E-state index in [-0.39, 0.29) is 5.91 Å². The number of nitrogens with one attached hydrogen (secondary N) is 1. The van der Waals surface area contributed by atoms with Crippen molar-refractivity contribution in [1.29, 1.82) is 0 Å². The standard InChI is InChI=1S/C14H21NO3/c1-4-9-15-14(17)11(3)18-13-8-6-5-7-12(13)10(2)16/h5-8,10-11,16H,4,9H2,1-3H3,(H,15,17)/t10-,11?/m1/s1. The van der Waals surface area contributed by atoms with Gasteiger partial charge in [0.05, 0.1) is 6.10 Å². The second kappa shape index (κ2) is 7.01. The van der Waals surface area contributed by atoms with E-state index in [0.717, 1.165) is 6.42 Å². The third-order valence-electron chi connectivity index (χ3n) is 2.59. The Kier molecular flexibility index (Phi) is 5.65. The highest BCUT2D eigenvalue weighted by atomic mass is 16.5. The number of amides is 1. The van der Waals surface area contributed by atoms with E-state index < -0.39 is 12.2 Å². The van der Waals surface area contributed by atoms with Gasteiger partial charge in [0.15, 0.2) is 6.10 Å². The second-order valence-electron chi connectivity index (χ2n) is 4.26. The first-order valence-corrected chi connectivity index (χ1v) is 6.27. The monoisotopic (exact) mass is 251 g/mol. The van der Waals surface area contributed by atoms with Crippen molar-refractivity contribution < 1.29 is 14.6 Å². The molecule has 0 aliphatic rings. The summed E-state index contributed by atoms with van der Waals surface area (Å²) < 4.78 is 5.59. The van der Waals surface area contributed by atoms with Crippen molar-refractivity contribution in [3.05, 3.63) is 29.8 Å². The molecule has 1 aromatic rings. The van der Waals surface area contributed by atoms with Crippen LogP contribution in [0.25, 0.3) is 0 Å². The number of rotatable bonds is 6. The highest BCUT2D eigenvalue weighted by Gasteiger charge is 2.16. The minimum atomic E-state index is -0.618. The van der Waals surface area contributed by atoms with Gasteiger partial charge in [0.1, 0.15) is 5.75 Å². The maximum atomic E-state index is 11.7. The van der Waals surface area contributed by atoms with Gasteiger partial charge in [0, 0.05) is 12.1 Å². The molecule has 0 aliphatic carbocycles. The predicted octanol–water partition coefficient (Wildman–Crippen LogP) is 2.03. The van der Waals surface area contributed by atoms with E-state index in [1.807, 2.05) is 19.1 Å². The summed E-state index contributed by atoms with van der Waals surface area (Å²) in [6.45, 7) is 6.01. The van der Waals surface area contributed by atoms with E-state index in [1.165, 1.54) is 0 Å². The van der Waals surface area contributed by atoms with Crippen molar-refractivity contribution in [2.75, 3.05) is 6.54 Å². The molecule has 2 N–H and O–H groups in total. The molecule has 100 valence electrons.